The Morgan fingerprint density at radius 3 is 2.88 bits per heavy atom. The van der Waals surface area contributed by atoms with E-state index in [1.807, 2.05) is 12.1 Å². The van der Waals surface area contributed by atoms with Gasteiger partial charge in [-0.05, 0) is 18.9 Å². The van der Waals surface area contributed by atoms with Crippen molar-refractivity contribution in [1.82, 2.24) is 19.7 Å². The molecule has 7 nitrogen and oxygen atoms in total. The minimum Gasteiger partial charge on any atom is -0.383 e. The molecule has 3 saturated heterocycles. The monoisotopic (exact) mass is 331 g/mol. The lowest BCUT2D eigenvalue weighted by Gasteiger charge is -2.36. The van der Waals surface area contributed by atoms with Gasteiger partial charge in [-0.2, -0.15) is 0 Å². The number of anilines is 1. The predicted molar refractivity (Wildman–Crippen MR) is 90.8 cm³/mol. The SMILES string of the molecule is CN(C)C(=O)CN1C(=O)[C@H]2CC[C@@H]1CN(Cc1cccnc1N)C2. The van der Waals surface area contributed by atoms with E-state index < -0.39 is 0 Å². The number of nitrogens with two attached hydrogens (primary N) is 1. The Labute approximate surface area is 142 Å². The highest BCUT2D eigenvalue weighted by molar-refractivity contribution is 5.86. The number of aromatic nitrogens is 1. The summed E-state index contributed by atoms with van der Waals surface area (Å²) in [5.41, 5.74) is 6.94. The minimum atomic E-state index is -0.0309. The van der Waals surface area contributed by atoms with Crippen LogP contribution in [-0.4, -0.2) is 71.3 Å². The van der Waals surface area contributed by atoms with Crippen LogP contribution in [0.2, 0.25) is 0 Å². The molecule has 4 heterocycles. The Morgan fingerprint density at radius 1 is 1.38 bits per heavy atom. The molecule has 2 amide bonds. The van der Waals surface area contributed by atoms with Gasteiger partial charge in [0.15, 0.2) is 0 Å². The number of rotatable bonds is 4. The Bertz CT molecular complexity index is 633. The Balaban J connectivity index is 1.74. The molecule has 0 aromatic carbocycles. The van der Waals surface area contributed by atoms with Crippen molar-refractivity contribution in [2.24, 2.45) is 5.92 Å². The fourth-order valence-corrected chi connectivity index (χ4v) is 3.58. The second kappa shape index (κ2) is 6.76. The van der Waals surface area contributed by atoms with E-state index in [0.717, 1.165) is 31.5 Å². The fraction of sp³-hybridized carbons (Fsp3) is 0.588. The summed E-state index contributed by atoms with van der Waals surface area (Å²) >= 11 is 0. The molecule has 1 aromatic heterocycles. The van der Waals surface area contributed by atoms with Crippen LogP contribution >= 0.6 is 0 Å². The Hall–Kier alpha value is -2.15. The van der Waals surface area contributed by atoms with Crippen LogP contribution in [0.25, 0.3) is 0 Å². The van der Waals surface area contributed by atoms with Crippen molar-refractivity contribution in [3.05, 3.63) is 23.9 Å². The molecule has 3 aliphatic rings. The lowest BCUT2D eigenvalue weighted by atomic mass is 9.94. The van der Waals surface area contributed by atoms with Crippen LogP contribution in [0.15, 0.2) is 18.3 Å². The summed E-state index contributed by atoms with van der Waals surface area (Å²) in [6, 6.07) is 3.95. The first-order valence-electron chi connectivity index (χ1n) is 8.38. The molecule has 7 heteroatoms. The Morgan fingerprint density at radius 2 is 2.17 bits per heavy atom. The van der Waals surface area contributed by atoms with Gasteiger partial charge in [-0.15, -0.1) is 0 Å². The van der Waals surface area contributed by atoms with Crippen LogP contribution in [-0.2, 0) is 16.1 Å². The van der Waals surface area contributed by atoms with Gasteiger partial charge < -0.3 is 15.5 Å². The molecule has 3 aliphatic heterocycles. The third-order valence-corrected chi connectivity index (χ3v) is 4.99. The van der Waals surface area contributed by atoms with Crippen molar-refractivity contribution in [3.63, 3.8) is 0 Å². The maximum atomic E-state index is 12.7. The van der Waals surface area contributed by atoms with Gasteiger partial charge in [0.25, 0.3) is 0 Å². The zero-order valence-corrected chi connectivity index (χ0v) is 14.3. The highest BCUT2D eigenvalue weighted by Gasteiger charge is 2.41. The number of amides is 2. The van der Waals surface area contributed by atoms with Gasteiger partial charge in [-0.25, -0.2) is 4.98 Å². The van der Waals surface area contributed by atoms with E-state index in [1.54, 1.807) is 30.1 Å². The first-order valence-corrected chi connectivity index (χ1v) is 8.38. The third-order valence-electron chi connectivity index (χ3n) is 4.99. The number of piperidine rings is 1. The predicted octanol–water partition coefficient (Wildman–Crippen LogP) is 0.175. The van der Waals surface area contributed by atoms with Gasteiger partial charge in [0.2, 0.25) is 11.8 Å². The molecular weight excluding hydrogens is 306 g/mol. The molecule has 3 fully saturated rings. The summed E-state index contributed by atoms with van der Waals surface area (Å²) in [7, 11) is 3.45. The fourth-order valence-electron chi connectivity index (χ4n) is 3.58. The van der Waals surface area contributed by atoms with Crippen molar-refractivity contribution < 1.29 is 9.59 Å². The quantitative estimate of drug-likeness (QED) is 0.851. The number of hydrogen-bond donors (Lipinski definition) is 1. The van der Waals surface area contributed by atoms with E-state index in [1.165, 1.54) is 0 Å². The highest BCUT2D eigenvalue weighted by Crippen LogP contribution is 2.30. The molecule has 0 saturated carbocycles. The van der Waals surface area contributed by atoms with E-state index in [9.17, 15) is 9.59 Å². The smallest absolute Gasteiger partial charge is 0.241 e. The van der Waals surface area contributed by atoms with Gasteiger partial charge in [-0.1, -0.05) is 6.07 Å². The van der Waals surface area contributed by atoms with Gasteiger partial charge in [0.1, 0.15) is 12.4 Å². The van der Waals surface area contributed by atoms with Crippen LogP contribution in [0.1, 0.15) is 18.4 Å². The number of hydrogen-bond acceptors (Lipinski definition) is 5. The number of carbonyl (C=O) groups is 2. The van der Waals surface area contributed by atoms with Gasteiger partial charge in [-0.3, -0.25) is 14.5 Å². The van der Waals surface area contributed by atoms with E-state index in [2.05, 4.69) is 9.88 Å². The first-order chi connectivity index (χ1) is 11.5. The molecule has 2 atom stereocenters. The standard InChI is InChI=1S/C17H25N5O2/c1-20(2)15(23)11-22-14-6-5-13(17(22)24)9-21(10-14)8-12-4-3-7-19-16(12)18/h3-4,7,13-14H,5-6,8-11H2,1-2H3,(H2,18,19)/t13-,14+/m0/s1. The lowest BCUT2D eigenvalue weighted by Crippen LogP contribution is -2.51. The summed E-state index contributed by atoms with van der Waals surface area (Å²) in [5, 5.41) is 0. The summed E-state index contributed by atoms with van der Waals surface area (Å²) in [6.07, 6.45) is 3.54. The maximum Gasteiger partial charge on any atom is 0.241 e. The molecule has 4 rings (SSSR count). The van der Waals surface area contributed by atoms with Gasteiger partial charge >= 0.3 is 0 Å². The van der Waals surface area contributed by atoms with E-state index in [4.69, 9.17) is 5.73 Å². The van der Waals surface area contributed by atoms with Crippen LogP contribution in [0.3, 0.4) is 0 Å². The molecule has 0 unspecified atom stereocenters. The van der Waals surface area contributed by atoms with Crippen LogP contribution < -0.4 is 5.73 Å². The van der Waals surface area contributed by atoms with Crippen molar-refractivity contribution in [2.45, 2.75) is 25.4 Å². The summed E-state index contributed by atoms with van der Waals surface area (Å²) < 4.78 is 0. The molecule has 24 heavy (non-hydrogen) atoms. The number of carbonyl (C=O) groups excluding carboxylic acids is 2. The van der Waals surface area contributed by atoms with Crippen LogP contribution in [0.4, 0.5) is 5.82 Å². The average Bonchev–Trinajstić information content (AvgIpc) is 2.81. The largest absolute Gasteiger partial charge is 0.383 e. The van der Waals surface area contributed by atoms with Crippen LogP contribution in [0.5, 0.6) is 0 Å². The van der Waals surface area contributed by atoms with E-state index in [0.29, 0.717) is 12.4 Å². The number of fused-ring (bicyclic) bond motifs is 4. The van der Waals surface area contributed by atoms with Crippen molar-refractivity contribution in [3.8, 4) is 0 Å². The molecule has 130 valence electrons. The third kappa shape index (κ3) is 3.36. The van der Waals surface area contributed by atoms with Crippen molar-refractivity contribution in [1.29, 1.82) is 0 Å². The Kier molecular flexibility index (Phi) is 4.71. The molecule has 1 aromatic rings. The average molecular weight is 331 g/mol. The number of nitrogens with zero attached hydrogens (tertiary/aromatic N) is 4. The van der Waals surface area contributed by atoms with Crippen molar-refractivity contribution in [2.75, 3.05) is 39.5 Å². The summed E-state index contributed by atoms with van der Waals surface area (Å²) in [5.74, 6) is 0.596. The molecular formula is C17H25N5O2. The topological polar surface area (TPSA) is 82.8 Å². The zero-order valence-electron chi connectivity index (χ0n) is 14.3. The highest BCUT2D eigenvalue weighted by atomic mass is 16.2. The maximum absolute atomic E-state index is 12.7. The van der Waals surface area contributed by atoms with Gasteiger partial charge in [0, 0.05) is 51.5 Å². The summed E-state index contributed by atoms with van der Waals surface area (Å²) in [4.78, 5) is 34.5. The summed E-state index contributed by atoms with van der Waals surface area (Å²) in [6.45, 7) is 2.36. The van der Waals surface area contributed by atoms with E-state index >= 15 is 0 Å². The first kappa shape index (κ1) is 16.7. The van der Waals surface area contributed by atoms with Crippen molar-refractivity contribution >= 4 is 17.6 Å². The van der Waals surface area contributed by atoms with E-state index in [-0.39, 0.29) is 30.3 Å². The molecule has 0 aliphatic carbocycles. The molecule has 2 bridgehead atoms. The molecule has 0 radical (unpaired) electrons. The number of nitrogen functional groups attached to an aromatic ring is 1. The second-order valence-corrected chi connectivity index (χ2v) is 6.92. The second-order valence-electron chi connectivity index (χ2n) is 6.92. The lowest BCUT2D eigenvalue weighted by molar-refractivity contribution is -0.145. The van der Waals surface area contributed by atoms with Gasteiger partial charge in [0.05, 0.1) is 5.92 Å². The molecule has 0 spiro atoms. The van der Waals surface area contributed by atoms with Crippen LogP contribution in [0, 0.1) is 5.92 Å². The zero-order chi connectivity index (χ0) is 17.3. The number of likely N-dealkylation sites (N-methyl/N-ethyl adjacent to an activating group) is 1. The molecule has 2 N–H and O–H groups in total. The number of pyridine rings is 1. The minimum absolute atomic E-state index is 0.0287. The normalized spacial score (nSPS) is 24.1.